The third-order valence-corrected chi connectivity index (χ3v) is 10.3. The van der Waals surface area contributed by atoms with E-state index in [1.54, 1.807) is 6.20 Å². The van der Waals surface area contributed by atoms with Crippen LogP contribution in [-0.2, 0) is 11.2 Å². The number of amides is 1. The highest BCUT2D eigenvalue weighted by Crippen LogP contribution is 2.51. The third kappa shape index (κ3) is 5.29. The van der Waals surface area contributed by atoms with Crippen LogP contribution in [0.5, 0.6) is 6.01 Å². The van der Waals surface area contributed by atoms with Crippen molar-refractivity contribution in [3.8, 4) is 17.3 Å². The van der Waals surface area contributed by atoms with E-state index in [2.05, 4.69) is 34.4 Å². The molecule has 11 heteroatoms. The number of pyridine rings is 1. The van der Waals surface area contributed by atoms with E-state index in [4.69, 9.17) is 21.3 Å². The van der Waals surface area contributed by atoms with Gasteiger partial charge in [-0.1, -0.05) is 31.2 Å². The maximum Gasteiger partial charge on any atom is 0.319 e. The minimum atomic E-state index is -1.06. The van der Waals surface area contributed by atoms with Gasteiger partial charge in [0.05, 0.1) is 5.39 Å². The average molecular weight is 614 g/mol. The fourth-order valence-electron chi connectivity index (χ4n) is 7.99. The molecule has 9 nitrogen and oxygen atoms in total. The lowest BCUT2D eigenvalue weighted by Crippen LogP contribution is -2.56. The Balaban J connectivity index is 1.30. The maximum atomic E-state index is 16.8. The molecule has 234 valence electrons. The number of likely N-dealkylation sites (N-methyl/N-ethyl adjacent to an activating group) is 1. The van der Waals surface area contributed by atoms with Crippen LogP contribution in [0.2, 0.25) is 0 Å². The zero-order chi connectivity index (χ0) is 31.2. The van der Waals surface area contributed by atoms with Crippen LogP contribution in [0.25, 0.3) is 27.0 Å². The van der Waals surface area contributed by atoms with E-state index in [0.29, 0.717) is 36.2 Å². The first kappa shape index (κ1) is 29.5. The minimum absolute atomic E-state index is 0.0199. The van der Waals surface area contributed by atoms with Crippen molar-refractivity contribution in [2.75, 3.05) is 51.3 Å². The first-order valence-corrected chi connectivity index (χ1v) is 15.9. The highest BCUT2D eigenvalue weighted by atomic mass is 19.1. The molecule has 0 radical (unpaired) electrons. The normalized spacial score (nSPS) is 24.5. The summed E-state index contributed by atoms with van der Waals surface area (Å²) in [6.07, 6.45) is 8.23. The zero-order valence-electron chi connectivity index (χ0n) is 25.5. The second-order valence-electron chi connectivity index (χ2n) is 12.8. The average Bonchev–Trinajstić information content (AvgIpc) is 3.76. The highest BCUT2D eigenvalue weighted by molar-refractivity contribution is 5.93. The molecule has 7 rings (SSSR count). The Labute approximate surface area is 261 Å². The van der Waals surface area contributed by atoms with Gasteiger partial charge in [0, 0.05) is 37.4 Å². The molecule has 1 aromatic carbocycles. The fourth-order valence-corrected chi connectivity index (χ4v) is 7.99. The summed E-state index contributed by atoms with van der Waals surface area (Å²) >= 11 is 0. The summed E-state index contributed by atoms with van der Waals surface area (Å²) in [5.41, 5.74) is 3.73. The SMILES string of the molecule is [C-]#[N+]C[C@H]1CN(c2nc(OC[C@@H]3CCCN3C)nc3c(F)c(-c4cccc5c4C4CCCC4C5)ncc23)CCN1C(=O)C(=C)F. The van der Waals surface area contributed by atoms with Gasteiger partial charge < -0.3 is 24.3 Å². The Kier molecular flexibility index (Phi) is 7.86. The molecular weight excluding hydrogens is 576 g/mol. The predicted octanol–water partition coefficient (Wildman–Crippen LogP) is 5.16. The predicted molar refractivity (Wildman–Crippen MR) is 167 cm³/mol. The number of aromatic nitrogens is 3. The number of rotatable bonds is 7. The second kappa shape index (κ2) is 12.0. The number of anilines is 1. The summed E-state index contributed by atoms with van der Waals surface area (Å²) in [5, 5.41) is 0.421. The van der Waals surface area contributed by atoms with Crippen molar-refractivity contribution < 1.29 is 18.3 Å². The van der Waals surface area contributed by atoms with Crippen LogP contribution in [-0.4, -0.2) is 89.1 Å². The van der Waals surface area contributed by atoms with E-state index in [9.17, 15) is 9.18 Å². The maximum absolute atomic E-state index is 16.8. The van der Waals surface area contributed by atoms with Crippen molar-refractivity contribution in [3.63, 3.8) is 0 Å². The standard InChI is InChI=1S/C34H37F2N7O2/c1-20(35)33(44)43-14-13-42(18-24(43)16-37-2)32-27-17-38-30(26-11-5-8-22-15-21-7-4-10-25(21)28(22)26)29(36)31(27)39-34(40-32)45-19-23-9-6-12-41(23)3/h5,8,11,17,21,23-25H,1,4,6-7,9-10,12-16,18-19H2,3H3/t21?,23-,24-,25?/m0/s1. The van der Waals surface area contributed by atoms with Gasteiger partial charge >= 0.3 is 6.01 Å². The van der Waals surface area contributed by atoms with Crippen molar-refractivity contribution in [2.24, 2.45) is 5.92 Å². The molecule has 3 fully saturated rings. The lowest BCUT2D eigenvalue weighted by Gasteiger charge is -2.39. The number of piperazine rings is 1. The lowest BCUT2D eigenvalue weighted by molar-refractivity contribution is -0.131. The number of hydrogen-bond acceptors (Lipinski definition) is 7. The van der Waals surface area contributed by atoms with Gasteiger partial charge in [-0.05, 0) is 68.7 Å². The van der Waals surface area contributed by atoms with Crippen molar-refractivity contribution in [1.29, 1.82) is 0 Å². The molecule has 4 aliphatic rings. The van der Waals surface area contributed by atoms with E-state index in [0.717, 1.165) is 37.8 Å². The molecule has 1 saturated carbocycles. The van der Waals surface area contributed by atoms with E-state index >= 15 is 4.39 Å². The summed E-state index contributed by atoms with van der Waals surface area (Å²) < 4.78 is 36.7. The quantitative estimate of drug-likeness (QED) is 0.269. The lowest BCUT2D eigenvalue weighted by atomic mass is 9.91. The highest BCUT2D eigenvalue weighted by Gasteiger charge is 2.39. The van der Waals surface area contributed by atoms with Gasteiger partial charge in [-0.25, -0.2) is 15.4 Å². The van der Waals surface area contributed by atoms with Gasteiger partial charge in [-0.3, -0.25) is 9.78 Å². The molecular formula is C34H37F2N7O2. The van der Waals surface area contributed by atoms with Crippen molar-refractivity contribution in [3.05, 3.63) is 65.2 Å². The third-order valence-electron chi connectivity index (χ3n) is 10.3. The molecule has 2 aromatic heterocycles. The molecule has 2 aliphatic heterocycles. The summed E-state index contributed by atoms with van der Waals surface area (Å²) in [7, 11) is 2.06. The largest absolute Gasteiger partial charge is 0.462 e. The van der Waals surface area contributed by atoms with Gasteiger partial charge in [0.15, 0.2) is 11.6 Å². The topological polar surface area (TPSA) is 79.1 Å². The molecule has 4 heterocycles. The molecule has 2 unspecified atom stereocenters. The van der Waals surface area contributed by atoms with Gasteiger partial charge in [0.2, 0.25) is 6.54 Å². The van der Waals surface area contributed by atoms with E-state index in [1.165, 1.54) is 28.9 Å². The van der Waals surface area contributed by atoms with Crippen LogP contribution in [0.15, 0.2) is 36.8 Å². The number of benzene rings is 1. The molecule has 0 N–H and O–H groups in total. The molecule has 0 bridgehead atoms. The second-order valence-corrected chi connectivity index (χ2v) is 12.8. The Morgan fingerprint density at radius 2 is 2.02 bits per heavy atom. The van der Waals surface area contributed by atoms with Crippen LogP contribution < -0.4 is 9.64 Å². The Bertz CT molecular complexity index is 1710. The zero-order valence-corrected chi connectivity index (χ0v) is 25.5. The molecule has 0 spiro atoms. The molecule has 4 atom stereocenters. The van der Waals surface area contributed by atoms with E-state index in [1.807, 2.05) is 17.0 Å². The number of carbonyl (C=O) groups is 1. The number of fused-ring (bicyclic) bond motifs is 4. The van der Waals surface area contributed by atoms with Crippen LogP contribution >= 0.6 is 0 Å². The fraction of sp³-hybridized carbons (Fsp3) is 0.500. The van der Waals surface area contributed by atoms with Gasteiger partial charge in [0.1, 0.15) is 29.7 Å². The summed E-state index contributed by atoms with van der Waals surface area (Å²) in [6, 6.07) is 5.80. The van der Waals surface area contributed by atoms with Crippen LogP contribution in [0, 0.1) is 18.3 Å². The number of halogens is 2. The first-order valence-electron chi connectivity index (χ1n) is 15.9. The van der Waals surface area contributed by atoms with Crippen molar-refractivity contribution in [2.45, 2.75) is 56.5 Å². The smallest absolute Gasteiger partial charge is 0.319 e. The molecule has 45 heavy (non-hydrogen) atoms. The molecule has 1 amide bonds. The Hall–Kier alpha value is -4.17. The molecule has 2 aliphatic carbocycles. The van der Waals surface area contributed by atoms with Gasteiger partial charge in [-0.15, -0.1) is 0 Å². The monoisotopic (exact) mass is 613 g/mol. The summed E-state index contributed by atoms with van der Waals surface area (Å²) in [4.78, 5) is 35.5. The molecule has 2 saturated heterocycles. The van der Waals surface area contributed by atoms with Gasteiger partial charge in [0.25, 0.3) is 5.91 Å². The molecule has 3 aromatic rings. The minimum Gasteiger partial charge on any atom is -0.462 e. The van der Waals surface area contributed by atoms with Crippen LogP contribution in [0.3, 0.4) is 0 Å². The summed E-state index contributed by atoms with van der Waals surface area (Å²) in [5.74, 6) is -0.950. The van der Waals surface area contributed by atoms with Crippen molar-refractivity contribution >= 4 is 22.6 Å². The number of carbonyl (C=O) groups excluding carboxylic acids is 1. The Morgan fingerprint density at radius 1 is 1.16 bits per heavy atom. The number of likely N-dealkylation sites (tertiary alicyclic amines) is 1. The van der Waals surface area contributed by atoms with Gasteiger partial charge in [-0.2, -0.15) is 9.97 Å². The van der Waals surface area contributed by atoms with E-state index < -0.39 is 23.6 Å². The Morgan fingerprint density at radius 3 is 2.80 bits per heavy atom. The first-order chi connectivity index (χ1) is 21.8. The van der Waals surface area contributed by atoms with Crippen molar-refractivity contribution in [1.82, 2.24) is 24.8 Å². The number of nitrogens with zero attached hydrogens (tertiary/aromatic N) is 7. The number of hydrogen-bond donors (Lipinski definition) is 0. The van der Waals surface area contributed by atoms with E-state index in [-0.39, 0.29) is 42.9 Å². The van der Waals surface area contributed by atoms with Crippen LogP contribution in [0.1, 0.15) is 49.1 Å². The van der Waals surface area contributed by atoms with Crippen LogP contribution in [0.4, 0.5) is 14.6 Å². The summed E-state index contributed by atoms with van der Waals surface area (Å²) in [6.45, 7) is 12.6. The number of ether oxygens (including phenoxy) is 1.